The van der Waals surface area contributed by atoms with Crippen molar-refractivity contribution in [3.8, 4) is 0 Å². The van der Waals surface area contributed by atoms with Gasteiger partial charge in [0.2, 0.25) is 17.7 Å². The maximum atomic E-state index is 14.1. The van der Waals surface area contributed by atoms with Crippen LogP contribution in [0.4, 0.5) is 5.69 Å². The summed E-state index contributed by atoms with van der Waals surface area (Å²) in [7, 11) is 0. The van der Waals surface area contributed by atoms with Crippen LogP contribution in [0.15, 0.2) is 84.9 Å². The number of imide groups is 1. The number of benzene rings is 3. The summed E-state index contributed by atoms with van der Waals surface area (Å²) < 4.78 is 0. The van der Waals surface area contributed by atoms with Gasteiger partial charge in [-0.25, -0.2) is 0 Å². The lowest BCUT2D eigenvalue weighted by molar-refractivity contribution is -0.144. The molecular weight excluding hydrogens is 462 g/mol. The molecule has 2 atom stereocenters. The average molecular weight is 496 g/mol. The van der Waals surface area contributed by atoms with Crippen molar-refractivity contribution in [3.63, 3.8) is 0 Å². The summed E-state index contributed by atoms with van der Waals surface area (Å²) in [5, 5.41) is 0. The summed E-state index contributed by atoms with van der Waals surface area (Å²) in [6.45, 7) is 6.24. The highest BCUT2D eigenvalue weighted by Crippen LogP contribution is 2.42. The molecule has 5 rings (SSSR count). The lowest BCUT2D eigenvalue weighted by atomic mass is 9.73. The third-order valence-corrected chi connectivity index (χ3v) is 7.77. The van der Waals surface area contributed by atoms with Gasteiger partial charge in [-0.05, 0) is 42.7 Å². The molecule has 2 heterocycles. The van der Waals surface area contributed by atoms with Crippen LogP contribution in [0.1, 0.15) is 36.5 Å². The molecule has 0 bridgehead atoms. The third-order valence-electron chi connectivity index (χ3n) is 7.77. The van der Waals surface area contributed by atoms with Crippen molar-refractivity contribution >= 4 is 23.4 Å². The Balaban J connectivity index is 1.41. The quantitative estimate of drug-likeness (QED) is 0.478. The van der Waals surface area contributed by atoms with E-state index >= 15 is 0 Å². The van der Waals surface area contributed by atoms with Gasteiger partial charge in [-0.15, -0.1) is 0 Å². The molecule has 0 unspecified atom stereocenters. The Morgan fingerprint density at radius 2 is 1.54 bits per heavy atom. The Hall–Kier alpha value is -3.93. The molecule has 0 N–H and O–H groups in total. The smallest absolute Gasteiger partial charge is 0.241 e. The maximum Gasteiger partial charge on any atom is 0.241 e. The lowest BCUT2D eigenvalue weighted by Crippen LogP contribution is -2.55. The predicted octanol–water partition coefficient (Wildman–Crippen LogP) is 4.32. The van der Waals surface area contributed by atoms with E-state index in [0.29, 0.717) is 6.54 Å². The van der Waals surface area contributed by atoms with Crippen LogP contribution in [0.5, 0.6) is 0 Å². The topological polar surface area (TPSA) is 60.9 Å². The molecule has 2 aliphatic heterocycles. The van der Waals surface area contributed by atoms with E-state index in [9.17, 15) is 14.4 Å². The van der Waals surface area contributed by atoms with E-state index in [-0.39, 0.29) is 43.1 Å². The van der Waals surface area contributed by atoms with Gasteiger partial charge in [-0.3, -0.25) is 19.3 Å². The first-order valence-electron chi connectivity index (χ1n) is 12.9. The zero-order valence-electron chi connectivity index (χ0n) is 21.5. The highest BCUT2D eigenvalue weighted by Gasteiger charge is 2.54. The van der Waals surface area contributed by atoms with Crippen molar-refractivity contribution < 1.29 is 14.4 Å². The van der Waals surface area contributed by atoms with Gasteiger partial charge in [0.15, 0.2) is 0 Å². The molecule has 0 aromatic heterocycles. The summed E-state index contributed by atoms with van der Waals surface area (Å²) in [4.78, 5) is 46.7. The van der Waals surface area contributed by atoms with Gasteiger partial charge in [0.25, 0.3) is 0 Å². The highest BCUT2D eigenvalue weighted by atomic mass is 16.2. The average Bonchev–Trinajstić information content (AvgIpc) is 3.14. The van der Waals surface area contributed by atoms with Crippen LogP contribution in [0.25, 0.3) is 0 Å². The van der Waals surface area contributed by atoms with Crippen LogP contribution in [0, 0.1) is 6.92 Å². The second-order valence-corrected chi connectivity index (χ2v) is 10.2. The standard InChI is InChI=1S/C31H33N3O3/c1-23-11-9-10-16-27(23)31(20-29(36)34(30(31)37)22-25-12-5-3-6-13-25)19-28(35)33-18-17-32(21-24(33)2)26-14-7-4-8-15-26/h3-16,24H,17-22H2,1-2H3/t24-,31+/m1/s1. The van der Waals surface area contributed by atoms with Gasteiger partial charge in [0, 0.05) is 44.2 Å². The van der Waals surface area contributed by atoms with Gasteiger partial charge in [0.1, 0.15) is 0 Å². The van der Waals surface area contributed by atoms with Gasteiger partial charge >= 0.3 is 0 Å². The summed E-state index contributed by atoms with van der Waals surface area (Å²) in [5.74, 6) is -0.586. The van der Waals surface area contributed by atoms with E-state index in [1.807, 2.05) is 84.6 Å². The number of rotatable bonds is 6. The fraction of sp³-hybridized carbons (Fsp3) is 0.323. The molecule has 2 fully saturated rings. The van der Waals surface area contributed by atoms with Crippen LogP contribution in [-0.2, 0) is 26.3 Å². The molecule has 0 aliphatic carbocycles. The number of hydrogen-bond acceptors (Lipinski definition) is 4. The normalized spacial score (nSPS) is 22.0. The van der Waals surface area contributed by atoms with Crippen molar-refractivity contribution in [2.45, 2.75) is 44.7 Å². The second-order valence-electron chi connectivity index (χ2n) is 10.2. The van der Waals surface area contributed by atoms with Crippen LogP contribution in [0.3, 0.4) is 0 Å². The van der Waals surface area contributed by atoms with E-state index in [4.69, 9.17) is 0 Å². The first kappa shape index (κ1) is 24.8. The molecule has 2 aliphatic rings. The molecule has 3 aromatic carbocycles. The number of amides is 3. The van der Waals surface area contributed by atoms with E-state index in [2.05, 4.69) is 24.0 Å². The lowest BCUT2D eigenvalue weighted by Gasteiger charge is -2.42. The Morgan fingerprint density at radius 3 is 2.22 bits per heavy atom. The zero-order valence-corrected chi connectivity index (χ0v) is 21.5. The van der Waals surface area contributed by atoms with Gasteiger partial charge in [-0.2, -0.15) is 0 Å². The maximum absolute atomic E-state index is 14.1. The molecule has 190 valence electrons. The Kier molecular flexibility index (Phi) is 6.83. The number of likely N-dealkylation sites (tertiary alicyclic amines) is 1. The fourth-order valence-electron chi connectivity index (χ4n) is 5.84. The van der Waals surface area contributed by atoms with Crippen molar-refractivity contribution in [1.29, 1.82) is 0 Å². The van der Waals surface area contributed by atoms with Gasteiger partial charge in [-0.1, -0.05) is 72.8 Å². The van der Waals surface area contributed by atoms with E-state index in [0.717, 1.165) is 35.5 Å². The largest absolute Gasteiger partial charge is 0.368 e. The second kappa shape index (κ2) is 10.2. The van der Waals surface area contributed by atoms with Crippen molar-refractivity contribution in [1.82, 2.24) is 9.80 Å². The minimum Gasteiger partial charge on any atom is -0.368 e. The summed E-state index contributed by atoms with van der Waals surface area (Å²) >= 11 is 0. The van der Waals surface area contributed by atoms with Crippen molar-refractivity contribution in [3.05, 3.63) is 102 Å². The first-order chi connectivity index (χ1) is 17.9. The highest BCUT2D eigenvalue weighted by molar-refractivity contribution is 6.11. The number of anilines is 1. The molecule has 3 amide bonds. The summed E-state index contributed by atoms with van der Waals surface area (Å²) in [6, 6.07) is 27.4. The zero-order chi connectivity index (χ0) is 26.0. The minimum atomic E-state index is -1.19. The molecule has 6 nitrogen and oxygen atoms in total. The van der Waals surface area contributed by atoms with Crippen molar-refractivity contribution in [2.75, 3.05) is 24.5 Å². The van der Waals surface area contributed by atoms with Crippen LogP contribution < -0.4 is 4.90 Å². The molecule has 0 saturated carbocycles. The van der Waals surface area contributed by atoms with E-state index in [1.54, 1.807) is 0 Å². The molecule has 3 aromatic rings. The number of nitrogens with zero attached hydrogens (tertiary/aromatic N) is 3. The minimum absolute atomic E-state index is 0.00756. The molecule has 0 radical (unpaired) electrons. The molecular formula is C31H33N3O3. The molecule has 2 saturated heterocycles. The van der Waals surface area contributed by atoms with Gasteiger partial charge in [0.05, 0.1) is 12.0 Å². The molecule has 6 heteroatoms. The number of hydrogen-bond donors (Lipinski definition) is 0. The van der Waals surface area contributed by atoms with Crippen LogP contribution in [0.2, 0.25) is 0 Å². The Labute approximate surface area is 218 Å². The van der Waals surface area contributed by atoms with Crippen LogP contribution >= 0.6 is 0 Å². The summed E-state index contributed by atoms with van der Waals surface area (Å²) in [5.41, 5.74) is 2.53. The SMILES string of the molecule is Cc1ccccc1[C@]1(CC(=O)N2CCN(c3ccccc3)C[C@H]2C)CC(=O)N(Cc2ccccc2)C1=O. The number of carbonyl (C=O) groups is 3. The number of aryl methyl sites for hydroxylation is 1. The van der Waals surface area contributed by atoms with Gasteiger partial charge < -0.3 is 9.80 Å². The van der Waals surface area contributed by atoms with E-state index in [1.165, 1.54) is 4.90 Å². The van der Waals surface area contributed by atoms with Crippen molar-refractivity contribution in [2.24, 2.45) is 0 Å². The molecule has 37 heavy (non-hydrogen) atoms. The first-order valence-corrected chi connectivity index (χ1v) is 12.9. The fourth-order valence-corrected chi connectivity index (χ4v) is 5.84. The number of carbonyl (C=O) groups excluding carboxylic acids is 3. The third kappa shape index (κ3) is 4.76. The summed E-state index contributed by atoms with van der Waals surface area (Å²) in [6.07, 6.45) is -0.00296. The monoisotopic (exact) mass is 495 g/mol. The Bertz CT molecular complexity index is 1290. The predicted molar refractivity (Wildman–Crippen MR) is 144 cm³/mol. The van der Waals surface area contributed by atoms with E-state index < -0.39 is 5.41 Å². The number of para-hydroxylation sites is 1. The molecule has 0 spiro atoms. The van der Waals surface area contributed by atoms with Crippen LogP contribution in [-0.4, -0.2) is 53.2 Å². The Morgan fingerprint density at radius 1 is 0.892 bits per heavy atom. The number of piperazine rings is 1.